The molecule has 1 atom stereocenters. The Morgan fingerprint density at radius 2 is 1.63 bits per heavy atom. The highest BCUT2D eigenvalue weighted by atomic mass is 35.5. The third-order valence-corrected chi connectivity index (χ3v) is 7.05. The second-order valence-corrected chi connectivity index (χ2v) is 9.14. The monoisotopic (exact) mass is 402 g/mol. The Morgan fingerprint density at radius 3 is 2.30 bits per heavy atom. The van der Waals surface area contributed by atoms with Gasteiger partial charge in [0.25, 0.3) is 0 Å². The van der Waals surface area contributed by atoms with Gasteiger partial charge in [-0.1, -0.05) is 60.2 Å². The molecule has 0 N–H and O–H groups in total. The lowest BCUT2D eigenvalue weighted by Crippen LogP contribution is -2.23. The predicted molar refractivity (Wildman–Crippen MR) is 114 cm³/mol. The van der Waals surface area contributed by atoms with Crippen molar-refractivity contribution >= 4 is 28.5 Å². The summed E-state index contributed by atoms with van der Waals surface area (Å²) in [5.74, 6) is 0.947. The van der Waals surface area contributed by atoms with E-state index in [0.29, 0.717) is 21.9 Å². The quantitative estimate of drug-likeness (QED) is 0.500. The average molecular weight is 403 g/mol. The number of halogens is 2. The molecule has 0 aromatic heterocycles. The van der Waals surface area contributed by atoms with Gasteiger partial charge >= 0.3 is 0 Å². The molecule has 1 aliphatic carbocycles. The van der Waals surface area contributed by atoms with Gasteiger partial charge in [0.15, 0.2) is 0 Å². The van der Waals surface area contributed by atoms with Gasteiger partial charge in [-0.05, 0) is 67.0 Å². The summed E-state index contributed by atoms with van der Waals surface area (Å²) in [5, 5.41) is 1.00. The van der Waals surface area contributed by atoms with E-state index in [1.54, 1.807) is 12.1 Å². The summed E-state index contributed by atoms with van der Waals surface area (Å²) in [5.41, 5.74) is 2.08. The van der Waals surface area contributed by atoms with Gasteiger partial charge in [0.2, 0.25) is 0 Å². The second kappa shape index (κ2) is 10.0. The molecule has 0 unspecified atom stereocenters. The molecule has 27 heavy (non-hydrogen) atoms. The fourth-order valence-corrected chi connectivity index (χ4v) is 5.05. The van der Waals surface area contributed by atoms with Crippen LogP contribution in [-0.4, -0.2) is 9.46 Å². The maximum absolute atomic E-state index is 12.9. The van der Waals surface area contributed by atoms with Gasteiger partial charge in [-0.15, -0.1) is 0 Å². The Bertz CT molecular complexity index is 803. The molecule has 2 aromatic carbocycles. The standard InChI is InChI=1S/C23H24ClFOS/c24-21-11-5-20(6-12-21)17-27(26)23-15-9-19(10-16-23)4-2-1-3-18-7-13-22(25)14-8-18/h1-8,11-14,19,23H,9-10,15-17H2/b3-1+,4-2+/t19?,23?,27-/m1/s1. The van der Waals surface area contributed by atoms with E-state index in [9.17, 15) is 8.60 Å². The normalized spacial score (nSPS) is 21.7. The number of hydrogen-bond acceptors (Lipinski definition) is 1. The largest absolute Gasteiger partial charge is 0.259 e. The Kier molecular flexibility index (Phi) is 7.42. The van der Waals surface area contributed by atoms with Crippen molar-refractivity contribution < 1.29 is 8.60 Å². The minimum absolute atomic E-state index is 0.215. The van der Waals surface area contributed by atoms with Gasteiger partial charge in [0.05, 0.1) is 0 Å². The zero-order valence-electron chi connectivity index (χ0n) is 15.2. The molecule has 142 valence electrons. The third-order valence-electron chi connectivity index (χ3n) is 4.97. The first-order valence-corrected chi connectivity index (χ1v) is 11.1. The number of hydrogen-bond donors (Lipinski definition) is 0. The highest BCUT2D eigenvalue weighted by Crippen LogP contribution is 2.29. The van der Waals surface area contributed by atoms with E-state index in [0.717, 1.165) is 36.8 Å². The maximum atomic E-state index is 12.9. The molecule has 0 spiro atoms. The molecule has 1 saturated carbocycles. The lowest BCUT2D eigenvalue weighted by atomic mass is 9.88. The minimum Gasteiger partial charge on any atom is -0.259 e. The van der Waals surface area contributed by atoms with Crippen LogP contribution in [-0.2, 0) is 16.6 Å². The molecule has 0 bridgehead atoms. The zero-order chi connectivity index (χ0) is 19.1. The summed E-state index contributed by atoms with van der Waals surface area (Å²) < 4.78 is 25.5. The zero-order valence-corrected chi connectivity index (χ0v) is 16.8. The number of rotatable bonds is 6. The van der Waals surface area contributed by atoms with Gasteiger partial charge < -0.3 is 0 Å². The van der Waals surface area contributed by atoms with Gasteiger partial charge in [-0.25, -0.2) is 4.39 Å². The van der Waals surface area contributed by atoms with Crippen molar-refractivity contribution in [2.75, 3.05) is 0 Å². The second-order valence-electron chi connectivity index (χ2n) is 6.98. The molecule has 0 saturated heterocycles. The molecule has 0 aliphatic heterocycles. The number of allylic oxidation sites excluding steroid dienone is 3. The average Bonchev–Trinajstić information content (AvgIpc) is 2.69. The fraction of sp³-hybridized carbons (Fsp3) is 0.304. The Hall–Kier alpha value is -1.71. The van der Waals surface area contributed by atoms with Crippen LogP contribution >= 0.6 is 11.6 Å². The van der Waals surface area contributed by atoms with E-state index >= 15 is 0 Å². The molecule has 3 rings (SSSR count). The smallest absolute Gasteiger partial charge is 0.123 e. The Balaban J connectivity index is 1.43. The summed E-state index contributed by atoms with van der Waals surface area (Å²) in [7, 11) is -0.825. The summed E-state index contributed by atoms with van der Waals surface area (Å²) in [6.07, 6.45) is 12.5. The van der Waals surface area contributed by atoms with Crippen LogP contribution < -0.4 is 0 Å². The molecule has 0 radical (unpaired) electrons. The maximum Gasteiger partial charge on any atom is 0.123 e. The molecule has 0 amide bonds. The first-order chi connectivity index (χ1) is 13.1. The Labute approximate surface area is 168 Å². The van der Waals surface area contributed by atoms with Crippen LogP contribution in [0.3, 0.4) is 0 Å². The summed E-state index contributed by atoms with van der Waals surface area (Å²) in [6, 6.07) is 14.1. The first-order valence-electron chi connectivity index (χ1n) is 9.32. The van der Waals surface area contributed by atoms with Crippen LogP contribution in [0.1, 0.15) is 36.8 Å². The highest BCUT2D eigenvalue weighted by Gasteiger charge is 2.24. The van der Waals surface area contributed by atoms with Crippen molar-refractivity contribution in [1.29, 1.82) is 0 Å². The minimum atomic E-state index is -0.825. The first kappa shape index (κ1) is 20.0. The van der Waals surface area contributed by atoms with Crippen molar-refractivity contribution in [2.24, 2.45) is 5.92 Å². The van der Waals surface area contributed by atoms with Gasteiger partial charge in [-0.3, -0.25) is 4.21 Å². The van der Waals surface area contributed by atoms with Crippen molar-refractivity contribution in [3.8, 4) is 0 Å². The van der Waals surface area contributed by atoms with Crippen LogP contribution in [0.2, 0.25) is 5.02 Å². The van der Waals surface area contributed by atoms with E-state index in [1.165, 1.54) is 12.1 Å². The van der Waals surface area contributed by atoms with Crippen molar-refractivity contribution in [3.05, 3.63) is 88.7 Å². The topological polar surface area (TPSA) is 17.1 Å². The van der Waals surface area contributed by atoms with Crippen molar-refractivity contribution in [3.63, 3.8) is 0 Å². The summed E-state index contributed by atoms with van der Waals surface area (Å²) in [6.45, 7) is 0. The van der Waals surface area contributed by atoms with Crippen LogP contribution in [0.15, 0.2) is 66.8 Å². The van der Waals surface area contributed by atoms with E-state index in [1.807, 2.05) is 36.4 Å². The lowest BCUT2D eigenvalue weighted by Gasteiger charge is -2.26. The van der Waals surface area contributed by atoms with Gasteiger partial charge in [-0.2, -0.15) is 0 Å². The molecule has 1 aliphatic rings. The van der Waals surface area contributed by atoms with Crippen molar-refractivity contribution in [2.45, 2.75) is 36.7 Å². The van der Waals surface area contributed by atoms with Gasteiger partial charge in [0, 0.05) is 26.8 Å². The summed E-state index contributed by atoms with van der Waals surface area (Å²) >= 11 is 5.90. The predicted octanol–water partition coefficient (Wildman–Crippen LogP) is 6.56. The SMILES string of the molecule is O=[S@](Cc1ccc(Cl)cc1)C1CCC(/C=C/C=C/c2ccc(F)cc2)CC1. The van der Waals surface area contributed by atoms with Crippen LogP contribution in [0.5, 0.6) is 0 Å². The molecule has 4 heteroatoms. The van der Waals surface area contributed by atoms with E-state index in [2.05, 4.69) is 12.2 Å². The van der Waals surface area contributed by atoms with E-state index in [4.69, 9.17) is 11.6 Å². The molecular weight excluding hydrogens is 379 g/mol. The van der Waals surface area contributed by atoms with E-state index in [-0.39, 0.29) is 5.82 Å². The van der Waals surface area contributed by atoms with Crippen LogP contribution in [0, 0.1) is 11.7 Å². The highest BCUT2D eigenvalue weighted by molar-refractivity contribution is 7.84. The van der Waals surface area contributed by atoms with Crippen LogP contribution in [0.25, 0.3) is 6.08 Å². The van der Waals surface area contributed by atoms with Crippen molar-refractivity contribution in [1.82, 2.24) is 0 Å². The molecule has 1 nitrogen and oxygen atoms in total. The van der Waals surface area contributed by atoms with E-state index < -0.39 is 10.8 Å². The number of benzene rings is 2. The molecular formula is C23H24ClFOS. The summed E-state index contributed by atoms with van der Waals surface area (Å²) in [4.78, 5) is 0. The fourth-order valence-electron chi connectivity index (χ4n) is 3.37. The lowest BCUT2D eigenvalue weighted by molar-refractivity contribution is 0.422. The molecule has 0 heterocycles. The Morgan fingerprint density at radius 1 is 0.963 bits per heavy atom. The molecule has 2 aromatic rings. The third kappa shape index (κ3) is 6.44. The van der Waals surface area contributed by atoms with Gasteiger partial charge in [0.1, 0.15) is 5.82 Å². The molecule has 1 fully saturated rings. The van der Waals surface area contributed by atoms with Crippen LogP contribution in [0.4, 0.5) is 4.39 Å².